The lowest BCUT2D eigenvalue weighted by Gasteiger charge is -2.33. The summed E-state index contributed by atoms with van der Waals surface area (Å²) in [5.41, 5.74) is 1.23. The minimum absolute atomic E-state index is 0.0194. The highest BCUT2D eigenvalue weighted by Gasteiger charge is 2.32. The van der Waals surface area contributed by atoms with E-state index in [2.05, 4.69) is 25.9 Å². The van der Waals surface area contributed by atoms with E-state index in [0.717, 1.165) is 4.57 Å². The molecule has 14 heteroatoms. The van der Waals surface area contributed by atoms with Crippen molar-refractivity contribution in [1.82, 2.24) is 34.7 Å². The molecule has 4 heterocycles. The van der Waals surface area contributed by atoms with E-state index >= 15 is 0 Å². The summed E-state index contributed by atoms with van der Waals surface area (Å²) in [4.78, 5) is 18.4. The second-order valence-electron chi connectivity index (χ2n) is 9.38. The zero-order chi connectivity index (χ0) is 27.0. The molecule has 1 aliphatic heterocycles. The normalized spacial score (nSPS) is 18.7. The predicted molar refractivity (Wildman–Crippen MR) is 130 cm³/mol. The van der Waals surface area contributed by atoms with Crippen LogP contribution in [0, 0.1) is 0 Å². The molecule has 2 N–H and O–H groups in total. The van der Waals surface area contributed by atoms with Crippen molar-refractivity contribution in [1.29, 1.82) is 0 Å². The summed E-state index contributed by atoms with van der Waals surface area (Å²) in [6, 6.07) is 5.97. The number of carbonyl (C=O) groups is 1. The number of likely N-dealkylation sites (tertiary alicyclic amines) is 1. The standard InChI is InChI=1S/C24H26F4N8O2/c1-34-7-6-18(16(25)12-34)31-17-4-3-5-19-15(17)8-20(36(19)13-24(26,27)28)22-32-21(38-33-22)10-29-23(37)14-9-30-35(2)11-14/h3-5,8-9,11,16,18,31H,6-7,10,12-13H2,1-2H3,(H,29,37)/t16-,18+/m0/s1. The number of aryl methyl sites for hydroxylation is 1. The maximum atomic E-state index is 14.7. The van der Waals surface area contributed by atoms with Crippen molar-refractivity contribution in [3.63, 3.8) is 0 Å². The van der Waals surface area contributed by atoms with Crippen molar-refractivity contribution < 1.29 is 26.9 Å². The number of alkyl halides is 4. The van der Waals surface area contributed by atoms with Gasteiger partial charge >= 0.3 is 6.18 Å². The third kappa shape index (κ3) is 5.49. The molecule has 1 aromatic carbocycles. The molecule has 4 aromatic rings. The Bertz CT molecular complexity index is 1440. The molecule has 0 radical (unpaired) electrons. The van der Waals surface area contributed by atoms with Gasteiger partial charge in [-0.05, 0) is 31.7 Å². The Morgan fingerprint density at radius 1 is 1.26 bits per heavy atom. The number of nitrogens with zero attached hydrogens (tertiary/aromatic N) is 6. The second-order valence-corrected chi connectivity index (χ2v) is 9.38. The van der Waals surface area contributed by atoms with E-state index in [1.165, 1.54) is 23.1 Å². The number of piperidine rings is 1. The lowest BCUT2D eigenvalue weighted by atomic mass is 10.0. The fraction of sp³-hybridized carbons (Fsp3) is 0.417. The Labute approximate surface area is 214 Å². The molecule has 1 amide bonds. The maximum absolute atomic E-state index is 14.7. The average Bonchev–Trinajstić information content (AvgIpc) is 3.58. The lowest BCUT2D eigenvalue weighted by molar-refractivity contribution is -0.139. The molecule has 0 bridgehead atoms. The number of halogens is 4. The number of fused-ring (bicyclic) bond motifs is 1. The van der Waals surface area contributed by atoms with E-state index in [9.17, 15) is 22.4 Å². The highest BCUT2D eigenvalue weighted by molar-refractivity contribution is 5.96. The largest absolute Gasteiger partial charge is 0.406 e. The van der Waals surface area contributed by atoms with E-state index in [4.69, 9.17) is 4.52 Å². The van der Waals surface area contributed by atoms with Crippen LogP contribution in [0.3, 0.4) is 0 Å². The Morgan fingerprint density at radius 2 is 2.08 bits per heavy atom. The van der Waals surface area contributed by atoms with Crippen LogP contribution in [0.1, 0.15) is 22.7 Å². The smallest absolute Gasteiger partial charge is 0.379 e. The zero-order valence-electron chi connectivity index (χ0n) is 20.7. The fourth-order valence-corrected chi connectivity index (χ4v) is 4.59. The molecule has 10 nitrogen and oxygen atoms in total. The van der Waals surface area contributed by atoms with Crippen LogP contribution in [0.4, 0.5) is 23.2 Å². The number of anilines is 1. The molecule has 5 rings (SSSR count). The third-order valence-corrected chi connectivity index (χ3v) is 6.43. The van der Waals surface area contributed by atoms with Crippen LogP contribution in [0.2, 0.25) is 0 Å². The van der Waals surface area contributed by atoms with E-state index in [1.807, 2.05) is 11.9 Å². The first-order valence-electron chi connectivity index (χ1n) is 12.0. The summed E-state index contributed by atoms with van der Waals surface area (Å²) >= 11 is 0. The van der Waals surface area contributed by atoms with Gasteiger partial charge in [-0.25, -0.2) is 4.39 Å². The van der Waals surface area contributed by atoms with Gasteiger partial charge in [-0.3, -0.25) is 9.48 Å². The summed E-state index contributed by atoms with van der Waals surface area (Å²) in [5, 5.41) is 14.1. The molecule has 1 fully saturated rings. The number of aromatic nitrogens is 5. The molecular formula is C24H26F4N8O2. The molecule has 1 aliphatic rings. The lowest BCUT2D eigenvalue weighted by Crippen LogP contribution is -2.46. The topological polar surface area (TPSA) is 106 Å². The van der Waals surface area contributed by atoms with Crippen molar-refractivity contribution in [3.05, 3.63) is 48.1 Å². The van der Waals surface area contributed by atoms with Crippen LogP contribution in [-0.2, 0) is 20.1 Å². The van der Waals surface area contributed by atoms with Crippen LogP contribution < -0.4 is 10.6 Å². The van der Waals surface area contributed by atoms with Crippen molar-refractivity contribution >= 4 is 22.5 Å². The minimum Gasteiger partial charge on any atom is -0.379 e. The molecule has 3 aromatic heterocycles. The Kier molecular flexibility index (Phi) is 6.82. The molecule has 0 unspecified atom stereocenters. The van der Waals surface area contributed by atoms with Crippen molar-refractivity contribution in [3.8, 4) is 11.5 Å². The fourth-order valence-electron chi connectivity index (χ4n) is 4.59. The number of carbonyl (C=O) groups excluding carboxylic acids is 1. The molecule has 1 saturated heterocycles. The Balaban J connectivity index is 1.43. The van der Waals surface area contributed by atoms with Gasteiger partial charge in [0.15, 0.2) is 0 Å². The first kappa shape index (κ1) is 25.7. The van der Waals surface area contributed by atoms with Gasteiger partial charge in [0.05, 0.1) is 35.6 Å². The quantitative estimate of drug-likeness (QED) is 0.350. The van der Waals surface area contributed by atoms with E-state index in [-0.39, 0.29) is 30.5 Å². The molecule has 2 atom stereocenters. The number of nitrogens with one attached hydrogen (secondary N) is 2. The van der Waals surface area contributed by atoms with Crippen molar-refractivity contribution in [2.45, 2.75) is 37.9 Å². The van der Waals surface area contributed by atoms with Crippen LogP contribution in [0.5, 0.6) is 0 Å². The molecule has 202 valence electrons. The molecular weight excluding hydrogens is 508 g/mol. The molecule has 0 spiro atoms. The highest BCUT2D eigenvalue weighted by Crippen LogP contribution is 2.35. The second kappa shape index (κ2) is 10.1. The average molecular weight is 535 g/mol. The number of amides is 1. The molecule has 0 saturated carbocycles. The Hall–Kier alpha value is -3.94. The number of benzene rings is 1. The van der Waals surface area contributed by atoms with E-state index < -0.39 is 30.8 Å². The monoisotopic (exact) mass is 534 g/mol. The van der Waals surface area contributed by atoms with Crippen LogP contribution in [0.15, 0.2) is 41.2 Å². The SMILES string of the molecule is CN1CC[C@@H](Nc2cccc3c2cc(-c2noc(CNC(=O)c4cnn(C)c4)n2)n3CC(F)(F)F)[C@@H](F)C1. The third-order valence-electron chi connectivity index (χ3n) is 6.43. The van der Waals surface area contributed by atoms with Gasteiger partial charge in [-0.1, -0.05) is 11.2 Å². The van der Waals surface area contributed by atoms with Crippen LogP contribution >= 0.6 is 0 Å². The first-order valence-corrected chi connectivity index (χ1v) is 12.0. The summed E-state index contributed by atoms with van der Waals surface area (Å²) in [5.74, 6) is -0.462. The van der Waals surface area contributed by atoms with Gasteiger partial charge in [0.1, 0.15) is 12.7 Å². The van der Waals surface area contributed by atoms with Gasteiger partial charge in [0.2, 0.25) is 11.7 Å². The van der Waals surface area contributed by atoms with Gasteiger partial charge in [0.25, 0.3) is 5.91 Å². The summed E-state index contributed by atoms with van der Waals surface area (Å²) in [6.07, 6.45) is -2.16. The van der Waals surface area contributed by atoms with Gasteiger partial charge in [-0.15, -0.1) is 0 Å². The van der Waals surface area contributed by atoms with E-state index in [0.29, 0.717) is 35.1 Å². The highest BCUT2D eigenvalue weighted by atomic mass is 19.4. The number of hydrogen-bond donors (Lipinski definition) is 2. The predicted octanol–water partition coefficient (Wildman–Crippen LogP) is 3.37. The van der Waals surface area contributed by atoms with Crippen LogP contribution in [-0.4, -0.2) is 73.8 Å². The first-order chi connectivity index (χ1) is 18.1. The van der Waals surface area contributed by atoms with E-state index in [1.54, 1.807) is 25.2 Å². The number of rotatable bonds is 7. The van der Waals surface area contributed by atoms with Gasteiger partial charge in [-0.2, -0.15) is 23.3 Å². The number of hydrogen-bond acceptors (Lipinski definition) is 7. The van der Waals surface area contributed by atoms with Crippen molar-refractivity contribution in [2.24, 2.45) is 7.05 Å². The van der Waals surface area contributed by atoms with Gasteiger partial charge < -0.3 is 24.6 Å². The van der Waals surface area contributed by atoms with Gasteiger partial charge in [0, 0.05) is 37.4 Å². The minimum atomic E-state index is -4.52. The molecule has 38 heavy (non-hydrogen) atoms. The van der Waals surface area contributed by atoms with Crippen molar-refractivity contribution in [2.75, 3.05) is 25.5 Å². The Morgan fingerprint density at radius 3 is 2.79 bits per heavy atom. The summed E-state index contributed by atoms with van der Waals surface area (Å²) in [7, 11) is 3.52. The maximum Gasteiger partial charge on any atom is 0.406 e. The molecule has 0 aliphatic carbocycles. The zero-order valence-corrected chi connectivity index (χ0v) is 20.7. The summed E-state index contributed by atoms with van der Waals surface area (Å²) < 4.78 is 63.1. The summed E-state index contributed by atoms with van der Waals surface area (Å²) in [6.45, 7) is -0.424. The van der Waals surface area contributed by atoms with Crippen LogP contribution in [0.25, 0.3) is 22.4 Å².